The second kappa shape index (κ2) is 5.69. The van der Waals surface area contributed by atoms with E-state index in [4.69, 9.17) is 5.11 Å². The SMILES string of the molecule is O=C(O)CCS(=O)Cc1cccc(F)c1F. The van der Waals surface area contributed by atoms with Gasteiger partial charge in [0, 0.05) is 22.1 Å². The maximum absolute atomic E-state index is 13.1. The summed E-state index contributed by atoms with van der Waals surface area (Å²) in [5.41, 5.74) is 0.00345. The van der Waals surface area contributed by atoms with Crippen LogP contribution < -0.4 is 0 Å². The molecule has 0 radical (unpaired) electrons. The molecule has 0 aliphatic carbocycles. The zero-order chi connectivity index (χ0) is 12.1. The number of carboxylic acids is 1. The number of hydrogen-bond donors (Lipinski definition) is 1. The summed E-state index contributed by atoms with van der Waals surface area (Å²) in [5, 5.41) is 8.36. The average Bonchev–Trinajstić information content (AvgIpc) is 2.22. The minimum absolute atomic E-state index is 0.00345. The van der Waals surface area contributed by atoms with Crippen molar-refractivity contribution in [2.45, 2.75) is 12.2 Å². The monoisotopic (exact) mass is 248 g/mol. The van der Waals surface area contributed by atoms with Crippen LogP contribution in [-0.4, -0.2) is 21.0 Å². The summed E-state index contributed by atoms with van der Waals surface area (Å²) < 4.78 is 37.2. The van der Waals surface area contributed by atoms with E-state index in [-0.39, 0.29) is 23.5 Å². The van der Waals surface area contributed by atoms with Gasteiger partial charge in [-0.05, 0) is 6.07 Å². The van der Waals surface area contributed by atoms with Crippen LogP contribution >= 0.6 is 0 Å². The molecule has 0 fully saturated rings. The Morgan fingerprint density at radius 2 is 2.06 bits per heavy atom. The molecule has 0 aromatic heterocycles. The zero-order valence-corrected chi connectivity index (χ0v) is 9.10. The summed E-state index contributed by atoms with van der Waals surface area (Å²) in [4.78, 5) is 10.2. The average molecular weight is 248 g/mol. The van der Waals surface area contributed by atoms with Crippen LogP contribution in [0, 0.1) is 11.6 Å². The van der Waals surface area contributed by atoms with Crippen LogP contribution in [0.4, 0.5) is 8.78 Å². The summed E-state index contributed by atoms with van der Waals surface area (Å²) in [6, 6.07) is 3.62. The van der Waals surface area contributed by atoms with Gasteiger partial charge in [0.2, 0.25) is 0 Å². The van der Waals surface area contributed by atoms with Gasteiger partial charge in [-0.3, -0.25) is 9.00 Å². The Labute approximate surface area is 93.6 Å². The number of benzene rings is 1. The van der Waals surface area contributed by atoms with Crippen molar-refractivity contribution in [1.82, 2.24) is 0 Å². The summed E-state index contributed by atoms with van der Waals surface area (Å²) in [7, 11) is -1.50. The van der Waals surface area contributed by atoms with E-state index in [2.05, 4.69) is 0 Å². The molecule has 1 atom stereocenters. The van der Waals surface area contributed by atoms with Crippen LogP contribution in [0.25, 0.3) is 0 Å². The van der Waals surface area contributed by atoms with Gasteiger partial charge in [0.15, 0.2) is 11.6 Å². The van der Waals surface area contributed by atoms with Crippen molar-refractivity contribution in [2.75, 3.05) is 5.75 Å². The number of carboxylic acid groups (broad SMARTS) is 1. The first kappa shape index (κ1) is 12.8. The molecule has 1 rings (SSSR count). The molecule has 1 unspecified atom stereocenters. The first-order chi connectivity index (χ1) is 7.50. The van der Waals surface area contributed by atoms with Crippen LogP contribution in [0.15, 0.2) is 18.2 Å². The molecule has 88 valence electrons. The molecule has 0 heterocycles. The van der Waals surface area contributed by atoms with Gasteiger partial charge >= 0.3 is 5.97 Å². The first-order valence-electron chi connectivity index (χ1n) is 4.50. The van der Waals surface area contributed by atoms with Crippen molar-refractivity contribution < 1.29 is 22.9 Å². The maximum atomic E-state index is 13.1. The van der Waals surface area contributed by atoms with Gasteiger partial charge in [-0.1, -0.05) is 12.1 Å². The molecule has 1 aromatic carbocycles. The van der Waals surface area contributed by atoms with Crippen LogP contribution in [0.1, 0.15) is 12.0 Å². The molecule has 1 N–H and O–H groups in total. The second-order valence-corrected chi connectivity index (χ2v) is 4.72. The number of aliphatic carboxylic acids is 1. The molecule has 0 saturated heterocycles. The van der Waals surface area contributed by atoms with Gasteiger partial charge in [0.05, 0.1) is 12.2 Å². The molecule has 1 aromatic rings. The van der Waals surface area contributed by atoms with E-state index in [9.17, 15) is 17.8 Å². The molecular formula is C10H10F2O3S. The van der Waals surface area contributed by atoms with E-state index in [1.54, 1.807) is 0 Å². The standard InChI is InChI=1S/C10H10F2O3S/c11-8-3-1-2-7(10(8)12)6-16(15)5-4-9(13)14/h1-3H,4-6H2,(H,13,14). The van der Waals surface area contributed by atoms with Gasteiger partial charge in [0.1, 0.15) is 0 Å². The summed E-state index contributed by atoms with van der Waals surface area (Å²) in [5.74, 6) is -3.31. The van der Waals surface area contributed by atoms with E-state index in [1.807, 2.05) is 0 Å². The van der Waals surface area contributed by atoms with E-state index in [0.29, 0.717) is 0 Å². The number of rotatable bonds is 5. The Balaban J connectivity index is 2.63. The lowest BCUT2D eigenvalue weighted by Gasteiger charge is -2.03. The van der Waals surface area contributed by atoms with Gasteiger partial charge in [0.25, 0.3) is 0 Å². The highest BCUT2D eigenvalue weighted by molar-refractivity contribution is 7.84. The van der Waals surface area contributed by atoms with E-state index in [1.165, 1.54) is 12.1 Å². The predicted molar refractivity (Wildman–Crippen MR) is 55.3 cm³/mol. The second-order valence-electron chi connectivity index (χ2n) is 3.14. The molecule has 0 amide bonds. The maximum Gasteiger partial charge on any atom is 0.304 e. The van der Waals surface area contributed by atoms with Crippen molar-refractivity contribution in [1.29, 1.82) is 0 Å². The van der Waals surface area contributed by atoms with E-state index in [0.717, 1.165) is 6.07 Å². The molecule has 0 saturated carbocycles. The molecule has 0 aliphatic heterocycles. The lowest BCUT2D eigenvalue weighted by atomic mass is 10.2. The highest BCUT2D eigenvalue weighted by Gasteiger charge is 2.11. The van der Waals surface area contributed by atoms with Crippen molar-refractivity contribution in [3.8, 4) is 0 Å². The van der Waals surface area contributed by atoms with Crippen LogP contribution in [0.5, 0.6) is 0 Å². The lowest BCUT2D eigenvalue weighted by Crippen LogP contribution is -2.07. The smallest absolute Gasteiger partial charge is 0.304 e. The molecular weight excluding hydrogens is 238 g/mol. The minimum Gasteiger partial charge on any atom is -0.481 e. The van der Waals surface area contributed by atoms with E-state index < -0.39 is 28.4 Å². The predicted octanol–water partition coefficient (Wildman–Crippen LogP) is 1.69. The Morgan fingerprint density at radius 3 is 2.69 bits per heavy atom. The van der Waals surface area contributed by atoms with Crippen molar-refractivity contribution >= 4 is 16.8 Å². The highest BCUT2D eigenvalue weighted by Crippen LogP contribution is 2.13. The Morgan fingerprint density at radius 1 is 1.38 bits per heavy atom. The molecule has 0 bridgehead atoms. The van der Waals surface area contributed by atoms with E-state index >= 15 is 0 Å². The van der Waals surface area contributed by atoms with Gasteiger partial charge in [-0.25, -0.2) is 8.78 Å². The first-order valence-corrected chi connectivity index (χ1v) is 5.99. The fraction of sp³-hybridized carbons (Fsp3) is 0.300. The molecule has 6 heteroatoms. The Kier molecular flexibility index (Phi) is 4.54. The third-order valence-electron chi connectivity index (χ3n) is 1.89. The fourth-order valence-electron chi connectivity index (χ4n) is 1.11. The molecule has 16 heavy (non-hydrogen) atoms. The summed E-state index contributed by atoms with van der Waals surface area (Å²) in [6.07, 6.45) is -0.246. The van der Waals surface area contributed by atoms with Gasteiger partial charge < -0.3 is 5.11 Å². The van der Waals surface area contributed by atoms with Crippen molar-refractivity contribution in [3.05, 3.63) is 35.4 Å². The summed E-state index contributed by atoms with van der Waals surface area (Å²) in [6.45, 7) is 0. The number of carbonyl (C=O) groups is 1. The van der Waals surface area contributed by atoms with Gasteiger partial charge in [-0.2, -0.15) is 0 Å². The Bertz CT molecular complexity index is 421. The highest BCUT2D eigenvalue weighted by atomic mass is 32.2. The Hall–Kier alpha value is -1.30. The topological polar surface area (TPSA) is 54.4 Å². The number of halogens is 2. The van der Waals surface area contributed by atoms with Crippen LogP contribution in [0.3, 0.4) is 0 Å². The fourth-order valence-corrected chi connectivity index (χ4v) is 2.22. The third-order valence-corrected chi connectivity index (χ3v) is 3.18. The summed E-state index contributed by atoms with van der Waals surface area (Å²) >= 11 is 0. The largest absolute Gasteiger partial charge is 0.481 e. The number of hydrogen-bond acceptors (Lipinski definition) is 2. The van der Waals surface area contributed by atoms with Crippen LogP contribution in [-0.2, 0) is 21.3 Å². The normalized spacial score (nSPS) is 12.4. The molecule has 0 aliphatic rings. The molecule has 3 nitrogen and oxygen atoms in total. The van der Waals surface area contributed by atoms with Crippen molar-refractivity contribution in [3.63, 3.8) is 0 Å². The quantitative estimate of drug-likeness (QED) is 0.862. The zero-order valence-electron chi connectivity index (χ0n) is 8.28. The molecule has 0 spiro atoms. The van der Waals surface area contributed by atoms with Crippen molar-refractivity contribution in [2.24, 2.45) is 0 Å². The minimum atomic E-state index is -1.50. The van der Waals surface area contributed by atoms with Crippen LogP contribution in [0.2, 0.25) is 0 Å². The lowest BCUT2D eigenvalue weighted by molar-refractivity contribution is -0.136. The third kappa shape index (κ3) is 3.69. The van der Waals surface area contributed by atoms with Gasteiger partial charge in [-0.15, -0.1) is 0 Å².